The van der Waals surface area contributed by atoms with Gasteiger partial charge in [0.25, 0.3) is 0 Å². The highest BCUT2D eigenvalue weighted by atomic mass is 16.1. The molecule has 0 radical (unpaired) electrons. The lowest BCUT2D eigenvalue weighted by molar-refractivity contribution is -0.122. The van der Waals surface area contributed by atoms with Gasteiger partial charge in [-0.3, -0.25) is 9.69 Å². The molecule has 0 aromatic carbocycles. The Kier molecular flexibility index (Phi) is 3.52. The molecule has 1 aliphatic carbocycles. The van der Waals surface area contributed by atoms with E-state index in [2.05, 4.69) is 4.90 Å². The monoisotopic (exact) mass is 209 g/mol. The first kappa shape index (κ1) is 10.8. The van der Waals surface area contributed by atoms with Gasteiger partial charge in [0, 0.05) is 18.9 Å². The second-order valence-electron chi connectivity index (χ2n) is 4.71. The van der Waals surface area contributed by atoms with Crippen molar-refractivity contribution in [2.75, 3.05) is 6.54 Å². The third-order valence-electron chi connectivity index (χ3n) is 3.73. The fraction of sp³-hybridized carbons (Fsp3) is 0.833. The number of carbonyl (C=O) groups is 2. The number of hydrogen-bond acceptors (Lipinski definition) is 3. The first-order chi connectivity index (χ1) is 7.31. The van der Waals surface area contributed by atoms with Crippen molar-refractivity contribution in [3.05, 3.63) is 0 Å². The summed E-state index contributed by atoms with van der Waals surface area (Å²) >= 11 is 0. The standard InChI is InChI=1S/C12H19NO2/c14-9-11-3-1-2-8-13(11)10-4-6-12(15)7-5-10/h9-11H,1-8H2. The van der Waals surface area contributed by atoms with Gasteiger partial charge in [-0.05, 0) is 32.2 Å². The molecule has 84 valence electrons. The third-order valence-corrected chi connectivity index (χ3v) is 3.73. The Morgan fingerprint density at radius 2 is 1.87 bits per heavy atom. The van der Waals surface area contributed by atoms with Crippen LogP contribution in [0.25, 0.3) is 0 Å². The number of Topliss-reactive ketones (excluding diaryl/α,β-unsaturated/α-hetero) is 1. The summed E-state index contributed by atoms with van der Waals surface area (Å²) in [5.74, 6) is 0.394. The summed E-state index contributed by atoms with van der Waals surface area (Å²) < 4.78 is 0. The van der Waals surface area contributed by atoms with Crippen LogP contribution in [0.4, 0.5) is 0 Å². The predicted octanol–water partition coefficient (Wildman–Crippen LogP) is 1.55. The van der Waals surface area contributed by atoms with Crippen molar-refractivity contribution < 1.29 is 9.59 Å². The summed E-state index contributed by atoms with van der Waals surface area (Å²) in [5.41, 5.74) is 0. The van der Waals surface area contributed by atoms with Gasteiger partial charge in [0.2, 0.25) is 0 Å². The van der Waals surface area contributed by atoms with Crippen LogP contribution in [0.2, 0.25) is 0 Å². The van der Waals surface area contributed by atoms with Crippen molar-refractivity contribution in [2.24, 2.45) is 0 Å². The Labute approximate surface area is 90.8 Å². The minimum atomic E-state index is 0.122. The van der Waals surface area contributed by atoms with Gasteiger partial charge in [-0.15, -0.1) is 0 Å². The molecular formula is C12H19NO2. The number of rotatable bonds is 2. The molecule has 2 fully saturated rings. The lowest BCUT2D eigenvalue weighted by Crippen LogP contribution is -2.48. The quantitative estimate of drug-likeness (QED) is 0.648. The van der Waals surface area contributed by atoms with Crippen molar-refractivity contribution in [1.82, 2.24) is 4.90 Å². The van der Waals surface area contributed by atoms with Gasteiger partial charge in [0.1, 0.15) is 12.1 Å². The molecule has 15 heavy (non-hydrogen) atoms. The van der Waals surface area contributed by atoms with Gasteiger partial charge in [-0.2, -0.15) is 0 Å². The van der Waals surface area contributed by atoms with Crippen molar-refractivity contribution in [3.8, 4) is 0 Å². The lowest BCUT2D eigenvalue weighted by Gasteiger charge is -2.40. The molecule has 0 spiro atoms. The average molecular weight is 209 g/mol. The number of ketones is 1. The molecule has 3 nitrogen and oxygen atoms in total. The molecule has 0 amide bonds. The van der Waals surface area contributed by atoms with Gasteiger partial charge in [-0.1, -0.05) is 6.42 Å². The van der Waals surface area contributed by atoms with E-state index in [1.807, 2.05) is 0 Å². The van der Waals surface area contributed by atoms with Crippen molar-refractivity contribution in [1.29, 1.82) is 0 Å². The molecule has 0 aromatic rings. The van der Waals surface area contributed by atoms with Crippen LogP contribution in [-0.4, -0.2) is 35.6 Å². The van der Waals surface area contributed by atoms with Gasteiger partial charge < -0.3 is 4.79 Å². The molecule has 1 unspecified atom stereocenters. The van der Waals surface area contributed by atoms with E-state index < -0.39 is 0 Å². The largest absolute Gasteiger partial charge is 0.302 e. The molecule has 0 N–H and O–H groups in total. The van der Waals surface area contributed by atoms with E-state index in [0.29, 0.717) is 24.7 Å². The molecular weight excluding hydrogens is 190 g/mol. The number of aldehydes is 1. The van der Waals surface area contributed by atoms with E-state index in [1.54, 1.807) is 0 Å². The van der Waals surface area contributed by atoms with Crippen LogP contribution in [-0.2, 0) is 9.59 Å². The molecule has 2 aliphatic rings. The van der Waals surface area contributed by atoms with Crippen molar-refractivity contribution in [3.63, 3.8) is 0 Å². The fourth-order valence-electron chi connectivity index (χ4n) is 2.84. The Balaban J connectivity index is 1.95. The van der Waals surface area contributed by atoms with Crippen LogP contribution >= 0.6 is 0 Å². The Bertz CT molecular complexity index is 242. The second-order valence-corrected chi connectivity index (χ2v) is 4.71. The topological polar surface area (TPSA) is 37.4 Å². The SMILES string of the molecule is O=CC1CCCCN1C1CCC(=O)CC1. The zero-order chi connectivity index (χ0) is 10.7. The number of nitrogens with zero attached hydrogens (tertiary/aromatic N) is 1. The predicted molar refractivity (Wildman–Crippen MR) is 57.7 cm³/mol. The number of carbonyl (C=O) groups excluding carboxylic acids is 2. The zero-order valence-electron chi connectivity index (χ0n) is 9.15. The van der Waals surface area contributed by atoms with E-state index in [1.165, 1.54) is 12.8 Å². The summed E-state index contributed by atoms with van der Waals surface area (Å²) in [7, 11) is 0. The van der Waals surface area contributed by atoms with Crippen LogP contribution in [0.3, 0.4) is 0 Å². The molecule has 1 saturated heterocycles. The highest BCUT2D eigenvalue weighted by Gasteiger charge is 2.30. The second kappa shape index (κ2) is 4.88. The molecule has 1 atom stereocenters. The van der Waals surface area contributed by atoms with E-state index >= 15 is 0 Å². The van der Waals surface area contributed by atoms with Gasteiger partial charge in [0.15, 0.2) is 0 Å². The summed E-state index contributed by atoms with van der Waals surface area (Å²) in [6.07, 6.45) is 7.83. The smallest absolute Gasteiger partial charge is 0.137 e. The van der Waals surface area contributed by atoms with Gasteiger partial charge in [0.05, 0.1) is 6.04 Å². The first-order valence-electron chi connectivity index (χ1n) is 6.04. The molecule has 1 heterocycles. The van der Waals surface area contributed by atoms with Gasteiger partial charge in [-0.25, -0.2) is 0 Å². The average Bonchev–Trinajstić information content (AvgIpc) is 2.30. The number of likely N-dealkylation sites (tertiary alicyclic amines) is 1. The number of piperidine rings is 1. The summed E-state index contributed by atoms with van der Waals surface area (Å²) in [6.45, 7) is 1.04. The number of hydrogen-bond donors (Lipinski definition) is 0. The normalized spacial score (nSPS) is 30.4. The maximum Gasteiger partial charge on any atom is 0.137 e. The van der Waals surface area contributed by atoms with E-state index in [0.717, 1.165) is 32.1 Å². The van der Waals surface area contributed by atoms with Crippen LogP contribution < -0.4 is 0 Å². The van der Waals surface area contributed by atoms with Gasteiger partial charge >= 0.3 is 0 Å². The highest BCUT2D eigenvalue weighted by molar-refractivity contribution is 5.79. The molecule has 0 aromatic heterocycles. The summed E-state index contributed by atoms with van der Waals surface area (Å²) in [5, 5.41) is 0. The highest BCUT2D eigenvalue weighted by Crippen LogP contribution is 2.26. The van der Waals surface area contributed by atoms with Crippen LogP contribution in [0, 0.1) is 0 Å². The fourth-order valence-corrected chi connectivity index (χ4v) is 2.84. The maximum absolute atomic E-state index is 11.2. The van der Waals surface area contributed by atoms with Crippen molar-refractivity contribution >= 4 is 12.1 Å². The first-order valence-corrected chi connectivity index (χ1v) is 6.04. The molecule has 2 rings (SSSR count). The lowest BCUT2D eigenvalue weighted by atomic mass is 9.90. The van der Waals surface area contributed by atoms with Crippen molar-refractivity contribution in [2.45, 2.75) is 57.0 Å². The minimum absolute atomic E-state index is 0.122. The van der Waals surface area contributed by atoms with E-state index in [9.17, 15) is 9.59 Å². The molecule has 1 aliphatic heterocycles. The van der Waals surface area contributed by atoms with E-state index in [-0.39, 0.29) is 6.04 Å². The van der Waals surface area contributed by atoms with Crippen LogP contribution in [0.15, 0.2) is 0 Å². The minimum Gasteiger partial charge on any atom is -0.302 e. The van der Waals surface area contributed by atoms with E-state index in [4.69, 9.17) is 0 Å². The summed E-state index contributed by atoms with van der Waals surface area (Å²) in [6, 6.07) is 0.607. The molecule has 0 bridgehead atoms. The zero-order valence-corrected chi connectivity index (χ0v) is 9.15. The van der Waals surface area contributed by atoms with Crippen LogP contribution in [0.1, 0.15) is 44.9 Å². The molecule has 1 saturated carbocycles. The molecule has 3 heteroatoms. The third kappa shape index (κ3) is 2.46. The Morgan fingerprint density at radius 1 is 1.13 bits per heavy atom. The Morgan fingerprint density at radius 3 is 2.53 bits per heavy atom. The Hall–Kier alpha value is -0.700. The summed E-state index contributed by atoms with van der Waals surface area (Å²) in [4.78, 5) is 24.5. The van der Waals surface area contributed by atoms with Crippen LogP contribution in [0.5, 0.6) is 0 Å². The maximum atomic E-state index is 11.2.